The molecule has 1 aromatic heterocycles. The first kappa shape index (κ1) is 15.7. The van der Waals surface area contributed by atoms with Crippen LogP contribution in [0, 0.1) is 25.2 Å². The molecule has 21 heavy (non-hydrogen) atoms. The van der Waals surface area contributed by atoms with Gasteiger partial charge in [-0.05, 0) is 34.0 Å². The van der Waals surface area contributed by atoms with Crippen LogP contribution in [0.2, 0.25) is 0 Å². The SMILES string of the molecule is Cc1cc(N2CCN(CCN(C)C)CC2)c(C#N)c(C)n1. The molecular formula is C16H25N5. The summed E-state index contributed by atoms with van der Waals surface area (Å²) in [6.45, 7) is 10.2. The Kier molecular flexibility index (Phi) is 5.16. The van der Waals surface area contributed by atoms with Crippen molar-refractivity contribution in [2.45, 2.75) is 13.8 Å². The van der Waals surface area contributed by atoms with E-state index in [4.69, 9.17) is 0 Å². The lowest BCUT2D eigenvalue weighted by molar-refractivity contribution is 0.229. The van der Waals surface area contributed by atoms with Gasteiger partial charge in [-0.3, -0.25) is 9.88 Å². The molecule has 1 aromatic rings. The first-order valence-corrected chi connectivity index (χ1v) is 7.51. The summed E-state index contributed by atoms with van der Waals surface area (Å²) in [5, 5.41) is 9.39. The summed E-state index contributed by atoms with van der Waals surface area (Å²) in [4.78, 5) is 11.4. The van der Waals surface area contributed by atoms with E-state index in [1.165, 1.54) is 0 Å². The van der Waals surface area contributed by atoms with Gasteiger partial charge >= 0.3 is 0 Å². The average molecular weight is 287 g/mol. The number of anilines is 1. The van der Waals surface area contributed by atoms with Crippen LogP contribution in [0.15, 0.2) is 6.07 Å². The normalized spacial score (nSPS) is 16.3. The number of nitriles is 1. The molecule has 0 unspecified atom stereocenters. The molecule has 1 aliphatic rings. The molecule has 2 rings (SSSR count). The Labute approximate surface area is 127 Å². The fourth-order valence-corrected chi connectivity index (χ4v) is 2.75. The van der Waals surface area contributed by atoms with Crippen LogP contribution < -0.4 is 4.90 Å². The van der Waals surface area contributed by atoms with Gasteiger partial charge in [0.1, 0.15) is 6.07 Å². The zero-order valence-corrected chi connectivity index (χ0v) is 13.6. The summed E-state index contributed by atoms with van der Waals surface area (Å²) in [5.41, 5.74) is 3.59. The van der Waals surface area contributed by atoms with Crippen molar-refractivity contribution in [3.05, 3.63) is 23.0 Å². The molecule has 2 heterocycles. The van der Waals surface area contributed by atoms with Gasteiger partial charge in [0, 0.05) is 45.0 Å². The van der Waals surface area contributed by atoms with Crippen LogP contribution in [0.1, 0.15) is 17.0 Å². The van der Waals surface area contributed by atoms with Gasteiger partial charge in [0.15, 0.2) is 0 Å². The van der Waals surface area contributed by atoms with Crippen LogP contribution >= 0.6 is 0 Å². The van der Waals surface area contributed by atoms with Crippen LogP contribution in [-0.4, -0.2) is 68.1 Å². The van der Waals surface area contributed by atoms with Gasteiger partial charge in [0.25, 0.3) is 0 Å². The van der Waals surface area contributed by atoms with E-state index in [0.29, 0.717) is 0 Å². The molecule has 1 saturated heterocycles. The van der Waals surface area contributed by atoms with Gasteiger partial charge in [-0.25, -0.2) is 0 Å². The van der Waals surface area contributed by atoms with Gasteiger partial charge in [0.2, 0.25) is 0 Å². The molecule has 0 saturated carbocycles. The summed E-state index contributed by atoms with van der Waals surface area (Å²) in [7, 11) is 4.22. The highest BCUT2D eigenvalue weighted by Crippen LogP contribution is 2.24. The predicted molar refractivity (Wildman–Crippen MR) is 85.6 cm³/mol. The third kappa shape index (κ3) is 3.93. The Balaban J connectivity index is 2.04. The molecule has 114 valence electrons. The van der Waals surface area contributed by atoms with Crippen molar-refractivity contribution in [1.82, 2.24) is 14.8 Å². The number of nitrogens with zero attached hydrogens (tertiary/aromatic N) is 5. The van der Waals surface area contributed by atoms with Gasteiger partial charge in [0.05, 0.1) is 16.9 Å². The van der Waals surface area contributed by atoms with E-state index in [1.807, 2.05) is 19.9 Å². The highest BCUT2D eigenvalue weighted by Gasteiger charge is 2.20. The van der Waals surface area contributed by atoms with Crippen LogP contribution in [-0.2, 0) is 0 Å². The Morgan fingerprint density at radius 2 is 1.90 bits per heavy atom. The molecule has 0 spiro atoms. The smallest absolute Gasteiger partial charge is 0.103 e. The minimum Gasteiger partial charge on any atom is -0.368 e. The third-order valence-corrected chi connectivity index (χ3v) is 4.00. The van der Waals surface area contributed by atoms with Crippen LogP contribution in [0.4, 0.5) is 5.69 Å². The lowest BCUT2D eigenvalue weighted by atomic mass is 10.1. The highest BCUT2D eigenvalue weighted by molar-refractivity contribution is 5.61. The van der Waals surface area contributed by atoms with Crippen molar-refractivity contribution in [2.24, 2.45) is 0 Å². The van der Waals surface area contributed by atoms with Crippen molar-refractivity contribution in [3.8, 4) is 6.07 Å². The van der Waals surface area contributed by atoms with Crippen molar-refractivity contribution in [1.29, 1.82) is 5.26 Å². The summed E-state index contributed by atoms with van der Waals surface area (Å²) >= 11 is 0. The van der Waals surface area contributed by atoms with E-state index in [9.17, 15) is 5.26 Å². The number of aryl methyl sites for hydroxylation is 2. The van der Waals surface area contributed by atoms with E-state index in [0.717, 1.165) is 61.9 Å². The monoisotopic (exact) mass is 287 g/mol. The van der Waals surface area contributed by atoms with Gasteiger partial charge < -0.3 is 9.80 Å². The number of pyridine rings is 1. The van der Waals surface area contributed by atoms with Gasteiger partial charge in [-0.2, -0.15) is 5.26 Å². The van der Waals surface area contributed by atoms with Crippen molar-refractivity contribution >= 4 is 5.69 Å². The van der Waals surface area contributed by atoms with Crippen molar-refractivity contribution < 1.29 is 0 Å². The molecule has 5 heteroatoms. The predicted octanol–water partition coefficient (Wildman–Crippen LogP) is 1.25. The molecule has 5 nitrogen and oxygen atoms in total. The number of aromatic nitrogens is 1. The molecule has 0 N–H and O–H groups in total. The largest absolute Gasteiger partial charge is 0.368 e. The zero-order valence-electron chi connectivity index (χ0n) is 13.6. The molecular weight excluding hydrogens is 262 g/mol. The fraction of sp³-hybridized carbons (Fsp3) is 0.625. The summed E-state index contributed by atoms with van der Waals surface area (Å²) in [6.07, 6.45) is 0. The molecule has 0 bridgehead atoms. The second kappa shape index (κ2) is 6.88. The highest BCUT2D eigenvalue weighted by atomic mass is 15.3. The zero-order chi connectivity index (χ0) is 15.4. The maximum atomic E-state index is 9.39. The Morgan fingerprint density at radius 1 is 1.24 bits per heavy atom. The Morgan fingerprint density at radius 3 is 2.48 bits per heavy atom. The van der Waals surface area contributed by atoms with Crippen LogP contribution in [0.5, 0.6) is 0 Å². The number of piperazine rings is 1. The maximum absolute atomic E-state index is 9.39. The number of likely N-dealkylation sites (N-methyl/N-ethyl adjacent to an activating group) is 1. The van der Waals surface area contributed by atoms with Gasteiger partial charge in [-0.1, -0.05) is 0 Å². The second-order valence-electron chi connectivity index (χ2n) is 5.99. The van der Waals surface area contributed by atoms with E-state index >= 15 is 0 Å². The van der Waals surface area contributed by atoms with Crippen molar-refractivity contribution in [3.63, 3.8) is 0 Å². The second-order valence-corrected chi connectivity index (χ2v) is 5.99. The average Bonchev–Trinajstić information content (AvgIpc) is 2.45. The molecule has 0 radical (unpaired) electrons. The maximum Gasteiger partial charge on any atom is 0.103 e. The van der Waals surface area contributed by atoms with Gasteiger partial charge in [-0.15, -0.1) is 0 Å². The molecule has 0 amide bonds. The standard InChI is InChI=1S/C16H25N5/c1-13-11-16(15(12-17)14(2)18-13)21-9-7-20(8-10-21)6-5-19(3)4/h11H,5-10H2,1-4H3. The third-order valence-electron chi connectivity index (χ3n) is 4.00. The van der Waals surface area contributed by atoms with E-state index in [-0.39, 0.29) is 0 Å². The molecule has 0 atom stereocenters. The fourth-order valence-electron chi connectivity index (χ4n) is 2.75. The van der Waals surface area contributed by atoms with E-state index in [1.54, 1.807) is 0 Å². The van der Waals surface area contributed by atoms with E-state index in [2.05, 4.69) is 39.8 Å². The molecule has 0 aliphatic carbocycles. The molecule has 1 aliphatic heterocycles. The molecule has 1 fully saturated rings. The van der Waals surface area contributed by atoms with Crippen molar-refractivity contribution in [2.75, 3.05) is 58.3 Å². The first-order chi connectivity index (χ1) is 10.0. The Hall–Kier alpha value is -1.64. The lowest BCUT2D eigenvalue weighted by Gasteiger charge is -2.37. The summed E-state index contributed by atoms with van der Waals surface area (Å²) in [6, 6.07) is 4.36. The minimum absolute atomic E-state index is 0.724. The van der Waals surface area contributed by atoms with E-state index < -0.39 is 0 Å². The lowest BCUT2D eigenvalue weighted by Crippen LogP contribution is -2.48. The first-order valence-electron chi connectivity index (χ1n) is 7.51. The quantitative estimate of drug-likeness (QED) is 0.834. The van der Waals surface area contributed by atoms with Crippen LogP contribution in [0.3, 0.4) is 0 Å². The summed E-state index contributed by atoms with van der Waals surface area (Å²) in [5.74, 6) is 0. The number of rotatable bonds is 4. The Bertz CT molecular complexity index is 524. The molecule has 0 aromatic carbocycles. The number of hydrogen-bond donors (Lipinski definition) is 0. The number of hydrogen-bond acceptors (Lipinski definition) is 5. The minimum atomic E-state index is 0.724. The van der Waals surface area contributed by atoms with Crippen LogP contribution in [0.25, 0.3) is 0 Å². The topological polar surface area (TPSA) is 46.4 Å². The summed E-state index contributed by atoms with van der Waals surface area (Å²) < 4.78 is 0.